The third-order valence-corrected chi connectivity index (χ3v) is 3.79. The predicted octanol–water partition coefficient (Wildman–Crippen LogP) is 4.80. The quantitative estimate of drug-likeness (QED) is 0.600. The molecular formula is C21H23FN4O. The van der Waals surface area contributed by atoms with Crippen LogP contribution in [0.4, 0.5) is 21.8 Å². The Labute approximate surface area is 158 Å². The first kappa shape index (κ1) is 18.6. The zero-order chi connectivity index (χ0) is 19.1. The molecule has 6 heteroatoms. The van der Waals surface area contributed by atoms with Crippen LogP contribution in [0.15, 0.2) is 60.8 Å². The van der Waals surface area contributed by atoms with Crippen LogP contribution in [-0.4, -0.2) is 22.6 Å². The summed E-state index contributed by atoms with van der Waals surface area (Å²) in [7, 11) is 0. The minimum Gasteiger partial charge on any atom is -0.491 e. The molecule has 3 rings (SSSR count). The molecule has 1 aromatic heterocycles. The van der Waals surface area contributed by atoms with Crippen molar-refractivity contribution >= 4 is 17.5 Å². The Morgan fingerprint density at radius 1 is 1.04 bits per heavy atom. The number of nitrogens with one attached hydrogen (secondary N) is 2. The number of aromatic nitrogens is 2. The summed E-state index contributed by atoms with van der Waals surface area (Å²) in [6, 6.07) is 16.3. The molecular weight excluding hydrogens is 343 g/mol. The Morgan fingerprint density at radius 3 is 2.56 bits per heavy atom. The third-order valence-electron chi connectivity index (χ3n) is 3.79. The van der Waals surface area contributed by atoms with Gasteiger partial charge in [0.25, 0.3) is 0 Å². The average molecular weight is 366 g/mol. The predicted molar refractivity (Wildman–Crippen MR) is 106 cm³/mol. The van der Waals surface area contributed by atoms with Gasteiger partial charge in [-0.1, -0.05) is 18.2 Å². The standard InChI is InChI=1S/C21H23FN4O/c1-15(2)27-18-9-7-17(8-10-18)25-20-12-14-24-21(26-20)23-13-11-16-5-3-4-6-19(16)22/h3-10,12,14-15H,11,13H2,1-2H3,(H2,23,24,25,26). The third kappa shape index (κ3) is 5.67. The van der Waals surface area contributed by atoms with Crippen LogP contribution in [0.25, 0.3) is 0 Å². The van der Waals surface area contributed by atoms with Crippen molar-refractivity contribution in [3.63, 3.8) is 0 Å². The lowest BCUT2D eigenvalue weighted by molar-refractivity contribution is 0.242. The summed E-state index contributed by atoms with van der Waals surface area (Å²) < 4.78 is 19.3. The van der Waals surface area contributed by atoms with E-state index in [4.69, 9.17) is 4.74 Å². The van der Waals surface area contributed by atoms with E-state index in [-0.39, 0.29) is 11.9 Å². The number of ether oxygens (including phenoxy) is 1. The normalized spacial score (nSPS) is 10.7. The van der Waals surface area contributed by atoms with E-state index in [2.05, 4.69) is 20.6 Å². The molecule has 2 N–H and O–H groups in total. The highest BCUT2D eigenvalue weighted by molar-refractivity contribution is 5.57. The van der Waals surface area contributed by atoms with Crippen LogP contribution in [0.1, 0.15) is 19.4 Å². The molecule has 0 aliphatic heterocycles. The van der Waals surface area contributed by atoms with E-state index in [1.54, 1.807) is 24.4 Å². The van der Waals surface area contributed by atoms with Gasteiger partial charge in [-0.25, -0.2) is 9.37 Å². The largest absolute Gasteiger partial charge is 0.491 e. The first-order valence-corrected chi connectivity index (χ1v) is 8.94. The summed E-state index contributed by atoms with van der Waals surface area (Å²) in [6.07, 6.45) is 2.38. The minimum atomic E-state index is -0.194. The van der Waals surface area contributed by atoms with Gasteiger partial charge in [0.05, 0.1) is 6.10 Å². The fourth-order valence-electron chi connectivity index (χ4n) is 2.56. The molecule has 0 aliphatic rings. The molecule has 0 unspecified atom stereocenters. The number of benzene rings is 2. The van der Waals surface area contributed by atoms with Gasteiger partial charge in [-0.2, -0.15) is 4.98 Å². The van der Waals surface area contributed by atoms with Gasteiger partial charge in [0, 0.05) is 18.4 Å². The summed E-state index contributed by atoms with van der Waals surface area (Å²) in [6.45, 7) is 4.53. The van der Waals surface area contributed by atoms with E-state index in [1.807, 2.05) is 44.2 Å². The maximum atomic E-state index is 13.6. The molecule has 0 bridgehead atoms. The number of hydrogen-bond donors (Lipinski definition) is 2. The maximum Gasteiger partial charge on any atom is 0.224 e. The summed E-state index contributed by atoms with van der Waals surface area (Å²) in [5.41, 5.74) is 1.57. The van der Waals surface area contributed by atoms with Crippen LogP contribution in [0, 0.1) is 5.82 Å². The van der Waals surface area contributed by atoms with Crippen molar-refractivity contribution in [2.24, 2.45) is 0 Å². The Balaban J connectivity index is 1.56. The number of rotatable bonds is 8. The fraction of sp³-hybridized carbons (Fsp3) is 0.238. The van der Waals surface area contributed by atoms with Gasteiger partial charge < -0.3 is 15.4 Å². The second-order valence-corrected chi connectivity index (χ2v) is 6.35. The molecule has 0 saturated heterocycles. The smallest absolute Gasteiger partial charge is 0.224 e. The minimum absolute atomic E-state index is 0.142. The molecule has 0 atom stereocenters. The highest BCUT2D eigenvalue weighted by Crippen LogP contribution is 2.20. The lowest BCUT2D eigenvalue weighted by atomic mass is 10.1. The first-order chi connectivity index (χ1) is 13.1. The Kier molecular flexibility index (Phi) is 6.20. The summed E-state index contributed by atoms with van der Waals surface area (Å²) >= 11 is 0. The van der Waals surface area contributed by atoms with Gasteiger partial charge in [0.2, 0.25) is 5.95 Å². The highest BCUT2D eigenvalue weighted by atomic mass is 19.1. The molecule has 0 saturated carbocycles. The van der Waals surface area contributed by atoms with Crippen LogP contribution in [0.3, 0.4) is 0 Å². The highest BCUT2D eigenvalue weighted by Gasteiger charge is 2.03. The zero-order valence-electron chi connectivity index (χ0n) is 15.4. The molecule has 27 heavy (non-hydrogen) atoms. The molecule has 0 spiro atoms. The average Bonchev–Trinajstić information content (AvgIpc) is 2.65. The zero-order valence-corrected chi connectivity index (χ0v) is 15.4. The van der Waals surface area contributed by atoms with E-state index in [0.29, 0.717) is 30.3 Å². The number of nitrogens with zero attached hydrogens (tertiary/aromatic N) is 2. The summed E-state index contributed by atoms with van der Waals surface area (Å²) in [5, 5.41) is 6.36. The molecule has 0 amide bonds. The van der Waals surface area contributed by atoms with E-state index >= 15 is 0 Å². The van der Waals surface area contributed by atoms with Crippen LogP contribution in [0.5, 0.6) is 5.75 Å². The molecule has 2 aromatic carbocycles. The van der Waals surface area contributed by atoms with Crippen molar-refractivity contribution in [1.29, 1.82) is 0 Å². The van der Waals surface area contributed by atoms with E-state index in [1.165, 1.54) is 6.07 Å². The first-order valence-electron chi connectivity index (χ1n) is 8.94. The Morgan fingerprint density at radius 2 is 1.81 bits per heavy atom. The molecule has 0 fully saturated rings. The SMILES string of the molecule is CC(C)Oc1ccc(Nc2ccnc(NCCc3ccccc3F)n2)cc1. The molecule has 5 nitrogen and oxygen atoms in total. The topological polar surface area (TPSA) is 59.1 Å². The molecule has 140 valence electrons. The van der Waals surface area contributed by atoms with Crippen LogP contribution in [-0.2, 0) is 6.42 Å². The molecule has 3 aromatic rings. The molecule has 0 aliphatic carbocycles. The molecule has 0 radical (unpaired) electrons. The van der Waals surface area contributed by atoms with Gasteiger partial charge >= 0.3 is 0 Å². The van der Waals surface area contributed by atoms with Crippen molar-refractivity contribution in [3.8, 4) is 5.75 Å². The van der Waals surface area contributed by atoms with Gasteiger partial charge in [-0.05, 0) is 62.2 Å². The van der Waals surface area contributed by atoms with Crippen LogP contribution in [0.2, 0.25) is 0 Å². The second-order valence-electron chi connectivity index (χ2n) is 6.35. The van der Waals surface area contributed by atoms with Gasteiger partial charge in [0.1, 0.15) is 17.4 Å². The maximum absolute atomic E-state index is 13.6. The van der Waals surface area contributed by atoms with Gasteiger partial charge in [0.15, 0.2) is 0 Å². The molecule has 1 heterocycles. The Hall–Kier alpha value is -3.15. The lowest BCUT2D eigenvalue weighted by Crippen LogP contribution is -2.09. The monoisotopic (exact) mass is 366 g/mol. The van der Waals surface area contributed by atoms with Crippen molar-refractivity contribution in [2.45, 2.75) is 26.4 Å². The lowest BCUT2D eigenvalue weighted by Gasteiger charge is -2.11. The van der Waals surface area contributed by atoms with Gasteiger partial charge in [-0.15, -0.1) is 0 Å². The second kappa shape index (κ2) is 8.98. The summed E-state index contributed by atoms with van der Waals surface area (Å²) in [4.78, 5) is 8.64. The van der Waals surface area contributed by atoms with E-state index in [9.17, 15) is 4.39 Å². The van der Waals surface area contributed by atoms with Crippen molar-refractivity contribution in [3.05, 3.63) is 72.2 Å². The van der Waals surface area contributed by atoms with Crippen LogP contribution >= 0.6 is 0 Å². The van der Waals surface area contributed by atoms with Crippen molar-refractivity contribution in [1.82, 2.24) is 9.97 Å². The number of halogens is 1. The fourth-order valence-corrected chi connectivity index (χ4v) is 2.56. The Bertz CT molecular complexity index is 868. The van der Waals surface area contributed by atoms with E-state index < -0.39 is 0 Å². The van der Waals surface area contributed by atoms with Gasteiger partial charge in [-0.3, -0.25) is 0 Å². The van der Waals surface area contributed by atoms with Crippen molar-refractivity contribution < 1.29 is 9.13 Å². The number of anilines is 3. The summed E-state index contributed by atoms with van der Waals surface area (Å²) in [5.74, 6) is 1.81. The van der Waals surface area contributed by atoms with Crippen molar-refractivity contribution in [2.75, 3.05) is 17.2 Å². The van der Waals surface area contributed by atoms with E-state index in [0.717, 1.165) is 11.4 Å². The number of hydrogen-bond acceptors (Lipinski definition) is 5. The van der Waals surface area contributed by atoms with Crippen LogP contribution < -0.4 is 15.4 Å².